The molecule has 0 bridgehead atoms. The maximum absolute atomic E-state index is 5.95. The average Bonchev–Trinajstić information content (AvgIpc) is 2.27. The van der Waals surface area contributed by atoms with Gasteiger partial charge in [0.05, 0.1) is 54.4 Å². The number of rotatable bonds is 7. The first kappa shape index (κ1) is 24.6. The van der Waals surface area contributed by atoms with Crippen LogP contribution < -0.4 is 48.0 Å². The van der Waals surface area contributed by atoms with Gasteiger partial charge in [-0.15, -0.1) is 0 Å². The summed E-state index contributed by atoms with van der Waals surface area (Å²) < 4.78 is 8.19. The molecule has 0 aromatic rings. The molecule has 1 atom stereocenters. The molecule has 1 fully saturated rings. The van der Waals surface area contributed by atoms with Crippen molar-refractivity contribution in [1.82, 2.24) is 0 Å². The second-order valence-electron chi connectivity index (χ2n) is 7.98. The zero-order valence-corrected chi connectivity index (χ0v) is 19.2. The van der Waals surface area contributed by atoms with Gasteiger partial charge in [0.2, 0.25) is 0 Å². The lowest BCUT2D eigenvalue weighted by Gasteiger charge is -2.40. The highest BCUT2D eigenvalue weighted by atomic mass is 127. The fourth-order valence-electron chi connectivity index (χ4n) is 3.10. The number of hydrogen-bond donors (Lipinski definition) is 0. The van der Waals surface area contributed by atoms with Crippen molar-refractivity contribution in [3.8, 4) is 0 Å². The third-order valence-corrected chi connectivity index (χ3v) is 4.37. The summed E-state index contributed by atoms with van der Waals surface area (Å²) in [5.41, 5.74) is 0. The predicted octanol–water partition coefficient (Wildman–Crippen LogP) is -3.63. The largest absolute Gasteiger partial charge is 1.00 e. The summed E-state index contributed by atoms with van der Waals surface area (Å²) in [5, 5.41) is 0. The molecule has 0 amide bonds. The Bertz CT molecular complexity index is 261. The molecule has 1 saturated heterocycles. The Hall–Kier alpha value is 1.34. The van der Waals surface area contributed by atoms with Gasteiger partial charge in [0.1, 0.15) is 12.6 Å². The fraction of sp³-hybridized carbons (Fsp3) is 1.00. The molecule has 21 heavy (non-hydrogen) atoms. The van der Waals surface area contributed by atoms with Crippen LogP contribution in [0.5, 0.6) is 0 Å². The van der Waals surface area contributed by atoms with E-state index in [1.54, 1.807) is 0 Å². The molecule has 0 aromatic heterocycles. The SMILES string of the molecule is CC1CC[N+](C)(CCCOC(C)C[N+](C)(C)C)CC1.[I-].[I-]. The molecule has 3 nitrogen and oxygen atoms in total. The number of likely N-dealkylation sites (N-methyl/N-ethyl adjacent to an activating group) is 1. The lowest BCUT2D eigenvalue weighted by Crippen LogP contribution is -3.00. The van der Waals surface area contributed by atoms with E-state index >= 15 is 0 Å². The minimum atomic E-state index is 0. The molecule has 0 spiro atoms. The first-order chi connectivity index (χ1) is 8.70. The predicted molar refractivity (Wildman–Crippen MR) is 82.1 cm³/mol. The molecular weight excluding hydrogens is 490 g/mol. The first-order valence-electron chi connectivity index (χ1n) is 7.96. The number of quaternary nitrogens is 2. The van der Waals surface area contributed by atoms with Gasteiger partial charge in [0.15, 0.2) is 0 Å². The van der Waals surface area contributed by atoms with Crippen LogP contribution in [0.15, 0.2) is 0 Å². The number of halogens is 2. The van der Waals surface area contributed by atoms with Gasteiger partial charge in [0.25, 0.3) is 0 Å². The summed E-state index contributed by atoms with van der Waals surface area (Å²) in [7, 11) is 9.09. The second kappa shape index (κ2) is 11.0. The van der Waals surface area contributed by atoms with Gasteiger partial charge in [-0.2, -0.15) is 0 Å². The van der Waals surface area contributed by atoms with E-state index in [2.05, 4.69) is 42.0 Å². The number of piperidine rings is 1. The fourth-order valence-corrected chi connectivity index (χ4v) is 3.10. The summed E-state index contributed by atoms with van der Waals surface area (Å²) in [6.07, 6.45) is 4.36. The molecule has 1 unspecified atom stereocenters. The van der Waals surface area contributed by atoms with Crippen LogP contribution in [0.4, 0.5) is 0 Å². The molecule has 0 N–H and O–H groups in total. The summed E-state index contributed by atoms with van der Waals surface area (Å²) in [6.45, 7) is 10.6. The number of hydrogen-bond acceptors (Lipinski definition) is 1. The Balaban J connectivity index is 0. The maximum atomic E-state index is 5.95. The summed E-state index contributed by atoms with van der Waals surface area (Å²) in [5.74, 6) is 0.937. The molecular formula is C16H36I2N2O. The molecule has 1 rings (SSSR count). The monoisotopic (exact) mass is 526 g/mol. The maximum Gasteiger partial charge on any atom is 0.104 e. The van der Waals surface area contributed by atoms with Crippen LogP contribution in [0.3, 0.4) is 0 Å². The van der Waals surface area contributed by atoms with Crippen LogP contribution in [0.25, 0.3) is 0 Å². The van der Waals surface area contributed by atoms with E-state index in [0.717, 1.165) is 23.6 Å². The zero-order valence-electron chi connectivity index (χ0n) is 14.9. The van der Waals surface area contributed by atoms with E-state index in [0.29, 0.717) is 6.10 Å². The van der Waals surface area contributed by atoms with Gasteiger partial charge in [-0.05, 0) is 25.7 Å². The van der Waals surface area contributed by atoms with Crippen LogP contribution in [-0.2, 0) is 4.74 Å². The third kappa shape index (κ3) is 11.5. The minimum Gasteiger partial charge on any atom is -1.00 e. The highest BCUT2D eigenvalue weighted by molar-refractivity contribution is 4.59. The van der Waals surface area contributed by atoms with Crippen LogP contribution in [0, 0.1) is 5.92 Å². The third-order valence-electron chi connectivity index (χ3n) is 4.37. The molecule has 0 saturated carbocycles. The summed E-state index contributed by atoms with van der Waals surface area (Å²) >= 11 is 0. The lowest BCUT2D eigenvalue weighted by atomic mass is 9.97. The topological polar surface area (TPSA) is 9.23 Å². The first-order valence-corrected chi connectivity index (χ1v) is 7.96. The van der Waals surface area contributed by atoms with E-state index in [9.17, 15) is 0 Å². The van der Waals surface area contributed by atoms with Gasteiger partial charge >= 0.3 is 0 Å². The van der Waals surface area contributed by atoms with E-state index < -0.39 is 0 Å². The highest BCUT2D eigenvalue weighted by Crippen LogP contribution is 2.21. The Morgan fingerprint density at radius 1 is 1.14 bits per heavy atom. The number of ether oxygens (including phenoxy) is 1. The summed E-state index contributed by atoms with van der Waals surface area (Å²) in [4.78, 5) is 0. The molecule has 0 aromatic carbocycles. The van der Waals surface area contributed by atoms with Crippen LogP contribution >= 0.6 is 0 Å². The van der Waals surface area contributed by atoms with Gasteiger partial charge in [-0.3, -0.25) is 0 Å². The van der Waals surface area contributed by atoms with Crippen molar-refractivity contribution in [2.45, 2.75) is 39.2 Å². The Morgan fingerprint density at radius 2 is 1.67 bits per heavy atom. The molecule has 0 radical (unpaired) electrons. The normalized spacial score (nSPS) is 27.4. The van der Waals surface area contributed by atoms with Crippen molar-refractivity contribution in [3.05, 3.63) is 0 Å². The highest BCUT2D eigenvalue weighted by Gasteiger charge is 2.27. The molecule has 1 aliphatic heterocycles. The molecule has 1 heterocycles. The van der Waals surface area contributed by atoms with E-state index in [-0.39, 0.29) is 48.0 Å². The summed E-state index contributed by atoms with van der Waals surface area (Å²) in [6, 6.07) is 0. The van der Waals surface area contributed by atoms with Crippen LogP contribution in [0.2, 0.25) is 0 Å². The van der Waals surface area contributed by atoms with E-state index in [4.69, 9.17) is 4.74 Å². The van der Waals surface area contributed by atoms with Crippen LogP contribution in [-0.4, -0.2) is 76.0 Å². The molecule has 0 aliphatic carbocycles. The number of nitrogens with zero attached hydrogens (tertiary/aromatic N) is 2. The van der Waals surface area contributed by atoms with Crippen LogP contribution in [0.1, 0.15) is 33.1 Å². The van der Waals surface area contributed by atoms with Gasteiger partial charge in [-0.1, -0.05) is 6.92 Å². The minimum absolute atomic E-state index is 0. The molecule has 130 valence electrons. The Morgan fingerprint density at radius 3 is 2.14 bits per heavy atom. The smallest absolute Gasteiger partial charge is 0.104 e. The lowest BCUT2D eigenvalue weighted by molar-refractivity contribution is -0.915. The van der Waals surface area contributed by atoms with E-state index in [1.165, 1.54) is 43.4 Å². The standard InChI is InChI=1S/C16H36N2O.2HI/c1-15-8-11-18(6,12-9-15)10-7-13-19-16(2)14-17(3,4)5;;/h15-16H,7-14H2,1-6H3;2*1H/q+2;;/p-2. The van der Waals surface area contributed by atoms with Crippen molar-refractivity contribution in [3.63, 3.8) is 0 Å². The van der Waals surface area contributed by atoms with Gasteiger partial charge in [0, 0.05) is 6.42 Å². The quantitative estimate of drug-likeness (QED) is 0.189. The average molecular weight is 526 g/mol. The van der Waals surface area contributed by atoms with Crippen molar-refractivity contribution in [2.75, 3.05) is 61.0 Å². The Labute approximate surface area is 167 Å². The molecule has 1 aliphatic rings. The van der Waals surface area contributed by atoms with Gasteiger partial charge in [-0.25, -0.2) is 0 Å². The van der Waals surface area contributed by atoms with E-state index in [1.807, 2.05) is 0 Å². The van der Waals surface area contributed by atoms with Crippen molar-refractivity contribution in [2.24, 2.45) is 5.92 Å². The van der Waals surface area contributed by atoms with Crippen molar-refractivity contribution < 1.29 is 61.7 Å². The number of likely N-dealkylation sites (tertiary alicyclic amines) is 1. The van der Waals surface area contributed by atoms with Crippen molar-refractivity contribution >= 4 is 0 Å². The zero-order chi connectivity index (χ0) is 14.5. The molecule has 5 heteroatoms. The van der Waals surface area contributed by atoms with Crippen molar-refractivity contribution in [1.29, 1.82) is 0 Å². The second-order valence-corrected chi connectivity index (χ2v) is 7.98. The Kier molecular flexibility index (Phi) is 12.9. The van der Waals surface area contributed by atoms with Gasteiger partial charge < -0.3 is 61.7 Å².